The van der Waals surface area contributed by atoms with Gasteiger partial charge in [0, 0.05) is 6.61 Å². The SMILES string of the molecule is COc1ccc(COC[C@H](C)C(C)C)cc1. The van der Waals surface area contributed by atoms with Gasteiger partial charge in [-0.15, -0.1) is 0 Å². The molecule has 0 N–H and O–H groups in total. The van der Waals surface area contributed by atoms with E-state index in [-0.39, 0.29) is 0 Å². The molecule has 0 unspecified atom stereocenters. The third-order valence-corrected chi connectivity index (χ3v) is 2.95. The van der Waals surface area contributed by atoms with Crippen molar-refractivity contribution in [2.24, 2.45) is 11.8 Å². The van der Waals surface area contributed by atoms with E-state index >= 15 is 0 Å². The highest BCUT2D eigenvalue weighted by molar-refractivity contribution is 5.26. The van der Waals surface area contributed by atoms with Gasteiger partial charge in [0.1, 0.15) is 5.75 Å². The van der Waals surface area contributed by atoms with Crippen molar-refractivity contribution in [2.45, 2.75) is 27.4 Å². The van der Waals surface area contributed by atoms with Gasteiger partial charge in [0.2, 0.25) is 0 Å². The molecule has 1 aromatic carbocycles. The fourth-order valence-corrected chi connectivity index (χ4v) is 1.28. The Hall–Kier alpha value is -1.02. The van der Waals surface area contributed by atoms with E-state index in [9.17, 15) is 0 Å². The monoisotopic (exact) mass is 222 g/mol. The smallest absolute Gasteiger partial charge is 0.118 e. The summed E-state index contributed by atoms with van der Waals surface area (Å²) in [4.78, 5) is 0. The van der Waals surface area contributed by atoms with Crippen LogP contribution in [0.4, 0.5) is 0 Å². The minimum atomic E-state index is 0.609. The minimum Gasteiger partial charge on any atom is -0.497 e. The first-order chi connectivity index (χ1) is 7.63. The molecule has 0 amide bonds. The maximum atomic E-state index is 5.68. The van der Waals surface area contributed by atoms with Gasteiger partial charge in [-0.3, -0.25) is 0 Å². The predicted octanol–water partition coefficient (Wildman–Crippen LogP) is 3.50. The van der Waals surface area contributed by atoms with Gasteiger partial charge in [0.25, 0.3) is 0 Å². The molecule has 0 saturated carbocycles. The second-order valence-corrected chi connectivity index (χ2v) is 4.58. The molecular weight excluding hydrogens is 200 g/mol. The lowest BCUT2D eigenvalue weighted by Gasteiger charge is -2.15. The summed E-state index contributed by atoms with van der Waals surface area (Å²) in [6, 6.07) is 8.01. The molecule has 0 saturated heterocycles. The third-order valence-electron chi connectivity index (χ3n) is 2.95. The Kier molecular flexibility index (Phi) is 5.33. The number of ether oxygens (including phenoxy) is 2. The Morgan fingerprint density at radius 3 is 2.19 bits per heavy atom. The zero-order chi connectivity index (χ0) is 12.0. The minimum absolute atomic E-state index is 0.609. The average molecular weight is 222 g/mol. The van der Waals surface area contributed by atoms with Crippen molar-refractivity contribution >= 4 is 0 Å². The Labute approximate surface area is 98.6 Å². The van der Waals surface area contributed by atoms with Crippen LogP contribution in [0, 0.1) is 11.8 Å². The van der Waals surface area contributed by atoms with Crippen LogP contribution in [0.1, 0.15) is 26.3 Å². The summed E-state index contributed by atoms with van der Waals surface area (Å²) in [6.45, 7) is 8.17. The third kappa shape index (κ3) is 4.23. The largest absolute Gasteiger partial charge is 0.497 e. The summed E-state index contributed by atoms with van der Waals surface area (Å²) in [6.07, 6.45) is 0. The highest BCUT2D eigenvalue weighted by Crippen LogP contribution is 2.14. The van der Waals surface area contributed by atoms with Crippen molar-refractivity contribution in [2.75, 3.05) is 13.7 Å². The highest BCUT2D eigenvalue weighted by atomic mass is 16.5. The van der Waals surface area contributed by atoms with E-state index in [0.29, 0.717) is 18.4 Å². The first-order valence-electron chi connectivity index (χ1n) is 5.84. The van der Waals surface area contributed by atoms with Gasteiger partial charge in [-0.05, 0) is 29.5 Å². The van der Waals surface area contributed by atoms with E-state index in [2.05, 4.69) is 20.8 Å². The lowest BCUT2D eigenvalue weighted by atomic mass is 9.99. The van der Waals surface area contributed by atoms with Gasteiger partial charge in [0.05, 0.1) is 13.7 Å². The fraction of sp³-hybridized carbons (Fsp3) is 0.571. The van der Waals surface area contributed by atoms with E-state index in [0.717, 1.165) is 12.4 Å². The van der Waals surface area contributed by atoms with Crippen molar-refractivity contribution in [3.63, 3.8) is 0 Å². The van der Waals surface area contributed by atoms with Crippen LogP contribution in [0.3, 0.4) is 0 Å². The van der Waals surface area contributed by atoms with Crippen LogP contribution in [-0.2, 0) is 11.3 Å². The first-order valence-corrected chi connectivity index (χ1v) is 5.84. The van der Waals surface area contributed by atoms with Crippen molar-refractivity contribution < 1.29 is 9.47 Å². The molecule has 0 bridgehead atoms. The molecule has 0 radical (unpaired) electrons. The molecule has 2 nitrogen and oxygen atoms in total. The van der Waals surface area contributed by atoms with Crippen LogP contribution in [0.15, 0.2) is 24.3 Å². The van der Waals surface area contributed by atoms with E-state index in [1.807, 2.05) is 24.3 Å². The molecule has 2 heteroatoms. The molecule has 1 aromatic rings. The molecule has 0 aliphatic rings. The van der Waals surface area contributed by atoms with E-state index in [1.54, 1.807) is 7.11 Å². The van der Waals surface area contributed by atoms with E-state index in [1.165, 1.54) is 5.56 Å². The molecule has 90 valence electrons. The number of rotatable bonds is 6. The molecule has 0 heterocycles. The van der Waals surface area contributed by atoms with Gasteiger partial charge in [-0.2, -0.15) is 0 Å². The molecule has 1 atom stereocenters. The number of methoxy groups -OCH3 is 1. The molecular formula is C14H22O2. The van der Waals surface area contributed by atoms with Crippen LogP contribution in [-0.4, -0.2) is 13.7 Å². The molecule has 0 aliphatic heterocycles. The highest BCUT2D eigenvalue weighted by Gasteiger charge is 2.06. The van der Waals surface area contributed by atoms with Crippen LogP contribution in [0.2, 0.25) is 0 Å². The molecule has 0 aliphatic carbocycles. The number of hydrogen-bond acceptors (Lipinski definition) is 2. The summed E-state index contributed by atoms with van der Waals surface area (Å²) in [5.41, 5.74) is 1.19. The van der Waals surface area contributed by atoms with Crippen LogP contribution < -0.4 is 4.74 Å². The Bertz CT molecular complexity index is 290. The van der Waals surface area contributed by atoms with Crippen LogP contribution >= 0.6 is 0 Å². The lowest BCUT2D eigenvalue weighted by Crippen LogP contribution is -2.11. The number of benzene rings is 1. The van der Waals surface area contributed by atoms with Crippen LogP contribution in [0.5, 0.6) is 5.75 Å². The van der Waals surface area contributed by atoms with E-state index in [4.69, 9.17) is 9.47 Å². The Morgan fingerprint density at radius 1 is 1.06 bits per heavy atom. The standard InChI is InChI=1S/C14H22O2/c1-11(2)12(3)9-16-10-13-5-7-14(15-4)8-6-13/h5-8,11-12H,9-10H2,1-4H3/t12-/m0/s1. The maximum absolute atomic E-state index is 5.68. The normalized spacial score (nSPS) is 12.8. The Balaban J connectivity index is 2.31. The van der Waals surface area contributed by atoms with Crippen molar-refractivity contribution in [3.05, 3.63) is 29.8 Å². The fourth-order valence-electron chi connectivity index (χ4n) is 1.28. The Morgan fingerprint density at radius 2 is 1.69 bits per heavy atom. The summed E-state index contributed by atoms with van der Waals surface area (Å²) < 4.78 is 10.8. The lowest BCUT2D eigenvalue weighted by molar-refractivity contribution is 0.0780. The van der Waals surface area contributed by atoms with Crippen LogP contribution in [0.25, 0.3) is 0 Å². The maximum Gasteiger partial charge on any atom is 0.118 e. The van der Waals surface area contributed by atoms with Gasteiger partial charge in [-0.1, -0.05) is 32.9 Å². The molecule has 0 aromatic heterocycles. The second-order valence-electron chi connectivity index (χ2n) is 4.58. The van der Waals surface area contributed by atoms with Gasteiger partial charge >= 0.3 is 0 Å². The summed E-state index contributed by atoms with van der Waals surface area (Å²) >= 11 is 0. The quantitative estimate of drug-likeness (QED) is 0.733. The van der Waals surface area contributed by atoms with E-state index < -0.39 is 0 Å². The van der Waals surface area contributed by atoms with Gasteiger partial charge in [0.15, 0.2) is 0 Å². The van der Waals surface area contributed by atoms with Gasteiger partial charge < -0.3 is 9.47 Å². The summed E-state index contributed by atoms with van der Waals surface area (Å²) in [5.74, 6) is 2.17. The average Bonchev–Trinajstić information content (AvgIpc) is 2.29. The molecule has 16 heavy (non-hydrogen) atoms. The van der Waals surface area contributed by atoms with Gasteiger partial charge in [-0.25, -0.2) is 0 Å². The zero-order valence-electron chi connectivity index (χ0n) is 10.7. The molecule has 0 spiro atoms. The zero-order valence-corrected chi connectivity index (χ0v) is 10.7. The van der Waals surface area contributed by atoms with Crippen molar-refractivity contribution in [1.29, 1.82) is 0 Å². The first kappa shape index (κ1) is 13.0. The predicted molar refractivity (Wildman–Crippen MR) is 66.7 cm³/mol. The number of hydrogen-bond donors (Lipinski definition) is 0. The van der Waals surface area contributed by atoms with Crippen molar-refractivity contribution in [1.82, 2.24) is 0 Å². The second kappa shape index (κ2) is 6.54. The van der Waals surface area contributed by atoms with Crippen molar-refractivity contribution in [3.8, 4) is 5.75 Å². The summed E-state index contributed by atoms with van der Waals surface area (Å²) in [7, 11) is 1.68. The summed E-state index contributed by atoms with van der Waals surface area (Å²) in [5, 5.41) is 0. The molecule has 0 fully saturated rings. The topological polar surface area (TPSA) is 18.5 Å². The molecule has 1 rings (SSSR count).